The summed E-state index contributed by atoms with van der Waals surface area (Å²) in [6.45, 7) is 4.06. The molecule has 3 aliphatic rings. The fraction of sp³-hybridized carbons (Fsp3) is 0.455. The van der Waals surface area contributed by atoms with Gasteiger partial charge in [0, 0.05) is 43.4 Å². The summed E-state index contributed by atoms with van der Waals surface area (Å²) in [5.41, 5.74) is 3.01. The summed E-state index contributed by atoms with van der Waals surface area (Å²) >= 11 is 0. The molecule has 0 radical (unpaired) electrons. The Morgan fingerprint density at radius 3 is 2.72 bits per heavy atom. The average Bonchev–Trinajstić information content (AvgIpc) is 3.51. The van der Waals surface area contributed by atoms with Crippen molar-refractivity contribution in [3.8, 4) is 17.0 Å². The topological polar surface area (TPSA) is 54.9 Å². The fourth-order valence-electron chi connectivity index (χ4n) is 4.14. The minimum atomic E-state index is -0.363. The lowest BCUT2D eigenvalue weighted by Gasteiger charge is -2.28. The number of rotatable bonds is 5. The summed E-state index contributed by atoms with van der Waals surface area (Å²) in [6, 6.07) is 6.37. The maximum atomic E-state index is 13.8. The lowest BCUT2D eigenvalue weighted by Crippen LogP contribution is -2.37. The number of ether oxygens (including phenoxy) is 2. The van der Waals surface area contributed by atoms with E-state index in [1.807, 2.05) is 11.0 Å². The molecule has 152 valence electrons. The van der Waals surface area contributed by atoms with E-state index in [0.29, 0.717) is 48.2 Å². The minimum Gasteiger partial charge on any atom is -0.496 e. The molecule has 1 saturated heterocycles. The highest BCUT2D eigenvalue weighted by atomic mass is 19.1. The van der Waals surface area contributed by atoms with Crippen LogP contribution >= 0.6 is 0 Å². The van der Waals surface area contributed by atoms with Gasteiger partial charge in [-0.1, -0.05) is 0 Å². The molecule has 5 rings (SSSR count). The second-order valence-corrected chi connectivity index (χ2v) is 7.93. The third-order valence-corrected chi connectivity index (χ3v) is 5.91. The SMILES string of the molecule is COc1cc(F)ccc1-c1nc(N2CCOCC2)cc2c1CN(CC1CC1)C2=O. The first-order valence-corrected chi connectivity index (χ1v) is 10.1. The average molecular weight is 397 g/mol. The van der Waals surface area contributed by atoms with E-state index in [1.54, 1.807) is 6.07 Å². The van der Waals surface area contributed by atoms with Crippen molar-refractivity contribution in [3.05, 3.63) is 41.2 Å². The third-order valence-electron chi connectivity index (χ3n) is 5.91. The zero-order valence-electron chi connectivity index (χ0n) is 16.5. The van der Waals surface area contributed by atoms with Crippen LogP contribution in [0.25, 0.3) is 11.3 Å². The number of morpholine rings is 1. The van der Waals surface area contributed by atoms with Crippen LogP contribution in [0.4, 0.5) is 10.2 Å². The molecule has 2 fully saturated rings. The Balaban J connectivity index is 1.62. The van der Waals surface area contributed by atoms with Crippen molar-refractivity contribution in [3.63, 3.8) is 0 Å². The van der Waals surface area contributed by atoms with Gasteiger partial charge in [0.1, 0.15) is 17.4 Å². The third kappa shape index (κ3) is 3.44. The molecular weight excluding hydrogens is 373 g/mol. The number of carbonyl (C=O) groups is 1. The summed E-state index contributed by atoms with van der Waals surface area (Å²) < 4.78 is 24.7. The van der Waals surface area contributed by atoms with Crippen LogP contribution in [0.15, 0.2) is 24.3 Å². The molecule has 3 heterocycles. The number of methoxy groups -OCH3 is 1. The fourth-order valence-corrected chi connectivity index (χ4v) is 4.14. The van der Waals surface area contributed by atoms with Crippen molar-refractivity contribution in [2.75, 3.05) is 44.9 Å². The molecule has 1 aliphatic carbocycles. The Morgan fingerprint density at radius 2 is 2.00 bits per heavy atom. The summed E-state index contributed by atoms with van der Waals surface area (Å²) in [4.78, 5) is 22.1. The van der Waals surface area contributed by atoms with Gasteiger partial charge in [0.05, 0.1) is 31.6 Å². The van der Waals surface area contributed by atoms with Gasteiger partial charge in [-0.2, -0.15) is 0 Å². The van der Waals surface area contributed by atoms with Gasteiger partial charge in [-0.05, 0) is 37.0 Å². The molecule has 0 atom stereocenters. The molecule has 1 saturated carbocycles. The van der Waals surface area contributed by atoms with E-state index in [2.05, 4.69) is 4.90 Å². The van der Waals surface area contributed by atoms with Crippen LogP contribution in [0.2, 0.25) is 0 Å². The predicted molar refractivity (Wildman–Crippen MR) is 107 cm³/mol. The quantitative estimate of drug-likeness (QED) is 0.776. The second-order valence-electron chi connectivity index (χ2n) is 7.93. The number of amides is 1. The molecule has 29 heavy (non-hydrogen) atoms. The zero-order valence-corrected chi connectivity index (χ0v) is 16.5. The molecule has 0 spiro atoms. The maximum absolute atomic E-state index is 13.8. The van der Waals surface area contributed by atoms with Gasteiger partial charge >= 0.3 is 0 Å². The van der Waals surface area contributed by atoms with Crippen LogP contribution in [-0.2, 0) is 11.3 Å². The molecule has 2 aliphatic heterocycles. The van der Waals surface area contributed by atoms with Crippen molar-refractivity contribution in [1.82, 2.24) is 9.88 Å². The molecule has 0 unspecified atom stereocenters. The van der Waals surface area contributed by atoms with E-state index in [-0.39, 0.29) is 11.7 Å². The summed E-state index contributed by atoms with van der Waals surface area (Å²) in [5.74, 6) is 1.50. The van der Waals surface area contributed by atoms with Crippen molar-refractivity contribution in [2.24, 2.45) is 5.92 Å². The molecule has 0 bridgehead atoms. The number of pyridine rings is 1. The van der Waals surface area contributed by atoms with Gasteiger partial charge < -0.3 is 19.3 Å². The van der Waals surface area contributed by atoms with Crippen LogP contribution in [0.1, 0.15) is 28.8 Å². The van der Waals surface area contributed by atoms with Gasteiger partial charge in [-0.3, -0.25) is 4.79 Å². The van der Waals surface area contributed by atoms with Gasteiger partial charge in [0.25, 0.3) is 5.91 Å². The lowest BCUT2D eigenvalue weighted by atomic mass is 10.0. The van der Waals surface area contributed by atoms with E-state index < -0.39 is 0 Å². The molecular formula is C22H24FN3O3. The van der Waals surface area contributed by atoms with Crippen molar-refractivity contribution in [1.29, 1.82) is 0 Å². The number of hydrogen-bond donors (Lipinski definition) is 0. The zero-order chi connectivity index (χ0) is 20.0. The predicted octanol–water partition coefficient (Wildman–Crippen LogP) is 3.10. The van der Waals surface area contributed by atoms with Gasteiger partial charge in [-0.25, -0.2) is 9.37 Å². The van der Waals surface area contributed by atoms with Gasteiger partial charge in [-0.15, -0.1) is 0 Å². The Morgan fingerprint density at radius 1 is 1.21 bits per heavy atom. The van der Waals surface area contributed by atoms with Gasteiger partial charge in [0.15, 0.2) is 0 Å². The van der Waals surface area contributed by atoms with E-state index in [9.17, 15) is 9.18 Å². The first kappa shape index (κ1) is 18.4. The van der Waals surface area contributed by atoms with Crippen LogP contribution < -0.4 is 9.64 Å². The Kier molecular flexibility index (Phi) is 4.62. The smallest absolute Gasteiger partial charge is 0.254 e. The Labute approximate surface area is 169 Å². The molecule has 1 aromatic carbocycles. The molecule has 0 N–H and O–H groups in total. The highest BCUT2D eigenvalue weighted by Gasteiger charge is 2.36. The van der Waals surface area contributed by atoms with E-state index in [4.69, 9.17) is 14.5 Å². The molecule has 1 amide bonds. The number of aromatic nitrogens is 1. The largest absolute Gasteiger partial charge is 0.496 e. The number of hydrogen-bond acceptors (Lipinski definition) is 5. The van der Waals surface area contributed by atoms with E-state index in [0.717, 1.165) is 31.0 Å². The molecule has 6 nitrogen and oxygen atoms in total. The van der Waals surface area contributed by atoms with Crippen LogP contribution in [-0.4, -0.2) is 55.7 Å². The maximum Gasteiger partial charge on any atom is 0.254 e. The lowest BCUT2D eigenvalue weighted by molar-refractivity contribution is 0.0771. The number of benzene rings is 1. The first-order chi connectivity index (χ1) is 14.1. The van der Waals surface area contributed by atoms with E-state index in [1.165, 1.54) is 32.1 Å². The van der Waals surface area contributed by atoms with Crippen molar-refractivity contribution in [2.45, 2.75) is 19.4 Å². The van der Waals surface area contributed by atoms with Crippen molar-refractivity contribution < 1.29 is 18.7 Å². The first-order valence-electron chi connectivity index (χ1n) is 10.1. The number of nitrogens with zero attached hydrogens (tertiary/aromatic N) is 3. The Bertz CT molecular complexity index is 955. The highest BCUT2D eigenvalue weighted by molar-refractivity contribution is 6.01. The van der Waals surface area contributed by atoms with Crippen LogP contribution in [0.3, 0.4) is 0 Å². The number of fused-ring (bicyclic) bond motifs is 1. The minimum absolute atomic E-state index is 0.0612. The highest BCUT2D eigenvalue weighted by Crippen LogP contribution is 2.40. The van der Waals surface area contributed by atoms with Gasteiger partial charge in [0.2, 0.25) is 0 Å². The number of anilines is 1. The Hall–Kier alpha value is -2.67. The summed E-state index contributed by atoms with van der Waals surface area (Å²) in [5, 5.41) is 0. The number of carbonyl (C=O) groups excluding carboxylic acids is 1. The number of halogens is 1. The summed E-state index contributed by atoms with van der Waals surface area (Å²) in [7, 11) is 1.52. The van der Waals surface area contributed by atoms with Crippen LogP contribution in [0, 0.1) is 11.7 Å². The van der Waals surface area contributed by atoms with E-state index >= 15 is 0 Å². The molecule has 2 aromatic rings. The monoisotopic (exact) mass is 397 g/mol. The second kappa shape index (κ2) is 7.30. The van der Waals surface area contributed by atoms with Crippen molar-refractivity contribution >= 4 is 11.7 Å². The molecule has 7 heteroatoms. The standard InChI is InChI=1S/C22H24FN3O3/c1-28-19-10-15(23)4-5-16(19)21-18-13-26(12-14-2-3-14)22(27)17(18)11-20(24-21)25-6-8-29-9-7-25/h4-5,10-11,14H,2-3,6-9,12-13H2,1H3. The van der Waals surface area contributed by atoms with Crippen LogP contribution in [0.5, 0.6) is 5.75 Å². The normalized spacial score (nSPS) is 18.9. The summed E-state index contributed by atoms with van der Waals surface area (Å²) in [6.07, 6.45) is 2.38. The molecule has 1 aromatic heterocycles.